The van der Waals surface area contributed by atoms with Gasteiger partial charge in [-0.2, -0.15) is 0 Å². The van der Waals surface area contributed by atoms with E-state index in [4.69, 9.17) is 14.2 Å². The van der Waals surface area contributed by atoms with Crippen molar-refractivity contribution in [2.75, 3.05) is 38.0 Å². The van der Waals surface area contributed by atoms with Gasteiger partial charge in [0.05, 0.1) is 50.9 Å². The number of hydrogen-bond donors (Lipinski definition) is 2. The molecule has 0 aliphatic carbocycles. The predicted octanol–water partition coefficient (Wildman–Crippen LogP) is 4.54. The normalized spacial score (nSPS) is 12.5. The van der Waals surface area contributed by atoms with Gasteiger partial charge in [0.2, 0.25) is 0 Å². The van der Waals surface area contributed by atoms with Crippen LogP contribution in [0.1, 0.15) is 33.4 Å². The number of hydrogen-bond acceptors (Lipinski definition) is 8. The Balaban J connectivity index is 1.65. The summed E-state index contributed by atoms with van der Waals surface area (Å²) >= 11 is 1.47. The molecule has 1 aliphatic rings. The van der Waals surface area contributed by atoms with Crippen molar-refractivity contribution >= 4 is 34.0 Å². The van der Waals surface area contributed by atoms with Gasteiger partial charge in [0.25, 0.3) is 5.91 Å². The Hall–Kier alpha value is -3.79. The topological polar surface area (TPSA) is 102 Å². The molecule has 0 saturated carbocycles. The van der Waals surface area contributed by atoms with Crippen molar-refractivity contribution in [1.82, 2.24) is 9.88 Å². The molecule has 0 fully saturated rings. The lowest BCUT2D eigenvalue weighted by Gasteiger charge is -2.26. The van der Waals surface area contributed by atoms with E-state index >= 15 is 0 Å². The molecule has 9 nitrogen and oxygen atoms in total. The number of amides is 2. The molecule has 2 amide bonds. The molecule has 184 valence electrons. The van der Waals surface area contributed by atoms with Crippen LogP contribution >= 0.6 is 11.3 Å². The number of carbonyl (C=O) groups excluding carboxylic acids is 2. The molecule has 2 aromatic heterocycles. The van der Waals surface area contributed by atoms with Gasteiger partial charge in [0, 0.05) is 23.7 Å². The highest BCUT2D eigenvalue weighted by molar-refractivity contribution is 7.16. The maximum Gasteiger partial charge on any atom is 0.410 e. The minimum absolute atomic E-state index is 0.262. The Kier molecular flexibility index (Phi) is 7.71. The summed E-state index contributed by atoms with van der Waals surface area (Å²) in [4.78, 5) is 32.9. The van der Waals surface area contributed by atoms with E-state index in [0.29, 0.717) is 55.4 Å². The lowest BCUT2D eigenvalue weighted by atomic mass is 10.0. The Labute approximate surface area is 208 Å². The molecule has 0 saturated heterocycles. The quantitative estimate of drug-likeness (QED) is 0.472. The monoisotopic (exact) mass is 496 g/mol. The highest BCUT2D eigenvalue weighted by Gasteiger charge is 2.30. The van der Waals surface area contributed by atoms with Gasteiger partial charge in [-0.15, -0.1) is 11.3 Å². The number of fused-ring (bicyclic) bond motifs is 1. The third kappa shape index (κ3) is 5.48. The van der Waals surface area contributed by atoms with Crippen LogP contribution in [0.15, 0.2) is 42.6 Å². The fourth-order valence-electron chi connectivity index (χ4n) is 3.91. The van der Waals surface area contributed by atoms with Crippen molar-refractivity contribution in [3.63, 3.8) is 0 Å². The SMILES string of the molecule is CCOC(=O)N1CCc2c(sc(NCc3ccccn3)c2C(=O)Nc2cc(OC)ccc2OC)C1. The van der Waals surface area contributed by atoms with E-state index in [1.807, 2.05) is 18.2 Å². The smallest absolute Gasteiger partial charge is 0.410 e. The first kappa shape index (κ1) is 24.3. The zero-order valence-corrected chi connectivity index (χ0v) is 20.7. The molecule has 2 N–H and O–H groups in total. The first-order valence-electron chi connectivity index (χ1n) is 11.3. The molecule has 4 rings (SSSR count). The second kappa shape index (κ2) is 11.1. The van der Waals surface area contributed by atoms with E-state index in [0.717, 1.165) is 21.1 Å². The van der Waals surface area contributed by atoms with Gasteiger partial charge in [-0.3, -0.25) is 9.78 Å². The van der Waals surface area contributed by atoms with E-state index in [1.165, 1.54) is 11.3 Å². The first-order valence-corrected chi connectivity index (χ1v) is 12.1. The number of thiophene rings is 1. The van der Waals surface area contributed by atoms with Crippen molar-refractivity contribution in [2.45, 2.75) is 26.4 Å². The molecule has 10 heteroatoms. The van der Waals surface area contributed by atoms with Crippen LogP contribution in [0.25, 0.3) is 0 Å². The number of methoxy groups -OCH3 is 2. The third-order valence-corrected chi connectivity index (χ3v) is 6.80. The van der Waals surface area contributed by atoms with Crippen LogP contribution in [0.4, 0.5) is 15.5 Å². The van der Waals surface area contributed by atoms with Gasteiger partial charge < -0.3 is 29.7 Å². The average Bonchev–Trinajstić information content (AvgIpc) is 3.26. The molecule has 3 heterocycles. The van der Waals surface area contributed by atoms with Crippen LogP contribution in [-0.2, 0) is 24.2 Å². The van der Waals surface area contributed by atoms with Gasteiger partial charge in [-0.05, 0) is 43.2 Å². The molecule has 0 unspecified atom stereocenters. The summed E-state index contributed by atoms with van der Waals surface area (Å²) in [5.74, 6) is 0.869. The van der Waals surface area contributed by atoms with E-state index in [9.17, 15) is 9.59 Å². The molecule has 0 atom stereocenters. The number of rotatable bonds is 8. The van der Waals surface area contributed by atoms with Crippen LogP contribution in [0, 0.1) is 0 Å². The van der Waals surface area contributed by atoms with Crippen molar-refractivity contribution < 1.29 is 23.8 Å². The summed E-state index contributed by atoms with van der Waals surface area (Å²) < 4.78 is 15.9. The average molecular weight is 497 g/mol. The number of nitrogens with one attached hydrogen (secondary N) is 2. The van der Waals surface area contributed by atoms with Crippen LogP contribution in [0.3, 0.4) is 0 Å². The number of benzene rings is 1. The van der Waals surface area contributed by atoms with Gasteiger partial charge in [0.1, 0.15) is 16.5 Å². The zero-order chi connectivity index (χ0) is 24.8. The number of anilines is 2. The molecule has 3 aromatic rings. The van der Waals surface area contributed by atoms with Crippen LogP contribution in [-0.4, -0.2) is 49.3 Å². The Morgan fingerprint density at radius 3 is 2.74 bits per heavy atom. The van der Waals surface area contributed by atoms with Crippen molar-refractivity contribution in [3.8, 4) is 11.5 Å². The summed E-state index contributed by atoms with van der Waals surface area (Å²) in [7, 11) is 3.12. The zero-order valence-electron chi connectivity index (χ0n) is 19.9. The molecule has 0 spiro atoms. The summed E-state index contributed by atoms with van der Waals surface area (Å²) in [6.07, 6.45) is 1.94. The lowest BCUT2D eigenvalue weighted by molar-refractivity contribution is 0.102. The molecule has 1 aromatic carbocycles. The Morgan fingerprint density at radius 1 is 1.17 bits per heavy atom. The van der Waals surface area contributed by atoms with Crippen molar-refractivity contribution in [2.24, 2.45) is 0 Å². The summed E-state index contributed by atoms with van der Waals surface area (Å²) in [5, 5.41) is 7.09. The minimum Gasteiger partial charge on any atom is -0.497 e. The summed E-state index contributed by atoms with van der Waals surface area (Å²) in [5.41, 5.74) is 2.86. The number of ether oxygens (including phenoxy) is 3. The summed E-state index contributed by atoms with van der Waals surface area (Å²) in [6.45, 7) is 3.44. The molecule has 35 heavy (non-hydrogen) atoms. The van der Waals surface area contributed by atoms with E-state index in [-0.39, 0.29) is 12.0 Å². The lowest BCUT2D eigenvalue weighted by Crippen LogP contribution is -2.36. The van der Waals surface area contributed by atoms with Crippen molar-refractivity contribution in [3.05, 3.63) is 64.3 Å². The molecular weight excluding hydrogens is 468 g/mol. The van der Waals surface area contributed by atoms with E-state index < -0.39 is 0 Å². The highest BCUT2D eigenvalue weighted by Crippen LogP contribution is 2.39. The van der Waals surface area contributed by atoms with Gasteiger partial charge in [0.15, 0.2) is 0 Å². The van der Waals surface area contributed by atoms with Crippen LogP contribution in [0.2, 0.25) is 0 Å². The van der Waals surface area contributed by atoms with Gasteiger partial charge >= 0.3 is 6.09 Å². The number of pyridine rings is 1. The number of aromatic nitrogens is 1. The molecule has 0 radical (unpaired) electrons. The highest BCUT2D eigenvalue weighted by atomic mass is 32.1. The number of nitrogens with zero attached hydrogens (tertiary/aromatic N) is 2. The maximum atomic E-state index is 13.6. The molecule has 1 aliphatic heterocycles. The number of carbonyl (C=O) groups is 2. The third-order valence-electron chi connectivity index (χ3n) is 5.62. The van der Waals surface area contributed by atoms with Gasteiger partial charge in [-0.1, -0.05) is 6.07 Å². The fraction of sp³-hybridized carbons (Fsp3) is 0.320. The largest absolute Gasteiger partial charge is 0.497 e. The van der Waals surface area contributed by atoms with Gasteiger partial charge in [-0.25, -0.2) is 4.79 Å². The van der Waals surface area contributed by atoms with Crippen LogP contribution in [0.5, 0.6) is 11.5 Å². The van der Waals surface area contributed by atoms with Crippen molar-refractivity contribution in [1.29, 1.82) is 0 Å². The molecule has 0 bridgehead atoms. The van der Waals surface area contributed by atoms with E-state index in [2.05, 4.69) is 15.6 Å². The molecular formula is C25H28N4O5S. The van der Waals surface area contributed by atoms with E-state index in [1.54, 1.807) is 50.4 Å². The summed E-state index contributed by atoms with van der Waals surface area (Å²) in [6, 6.07) is 10.9. The Morgan fingerprint density at radius 2 is 2.03 bits per heavy atom. The maximum absolute atomic E-state index is 13.6. The standard InChI is InChI=1S/C25H28N4O5S/c1-4-34-25(31)29-12-10-18-21(15-29)35-24(27-14-16-7-5-6-11-26-16)22(18)23(30)28-19-13-17(32-2)8-9-20(19)33-3/h5-9,11,13,27H,4,10,12,14-15H2,1-3H3,(H,28,30). The fourth-order valence-corrected chi connectivity index (χ4v) is 5.17. The first-order chi connectivity index (χ1) is 17.0. The second-order valence-corrected chi connectivity index (χ2v) is 8.88. The predicted molar refractivity (Wildman–Crippen MR) is 135 cm³/mol. The second-order valence-electron chi connectivity index (χ2n) is 7.77. The minimum atomic E-state index is -0.346. The van der Waals surface area contributed by atoms with Crippen LogP contribution < -0.4 is 20.1 Å². The Bertz CT molecular complexity index is 1200.